The zero-order chi connectivity index (χ0) is 7.84. The molecule has 2 atom stereocenters. The zero-order valence-corrected chi connectivity index (χ0v) is 6.38. The van der Waals surface area contributed by atoms with Crippen LogP contribution < -0.4 is 4.18 Å². The van der Waals surface area contributed by atoms with E-state index in [1.54, 1.807) is 24.3 Å². The Hall–Kier alpha value is -0.870. The molecule has 0 aliphatic carbocycles. The van der Waals surface area contributed by atoms with Crippen molar-refractivity contribution in [3.63, 3.8) is 0 Å². The molecular weight excluding hydrogens is 164 g/mol. The van der Waals surface area contributed by atoms with Gasteiger partial charge in [-0.3, -0.25) is 0 Å². The molecule has 2 unspecified atom stereocenters. The van der Waals surface area contributed by atoms with Crippen LogP contribution in [0.3, 0.4) is 0 Å². The predicted octanol–water partition coefficient (Wildman–Crippen LogP) is 0.734. The average molecular weight is 170 g/mol. The molecule has 0 spiro atoms. The van der Waals surface area contributed by atoms with E-state index in [9.17, 15) is 9.32 Å². The van der Waals surface area contributed by atoms with Gasteiger partial charge in [-0.15, -0.1) is 0 Å². The Morgan fingerprint density at radius 1 is 1.45 bits per heavy atom. The van der Waals surface area contributed by atoms with Crippen LogP contribution in [0.2, 0.25) is 0 Å². The molecule has 0 fully saturated rings. The quantitative estimate of drug-likeness (QED) is 0.624. The molecule has 0 saturated carbocycles. The van der Waals surface area contributed by atoms with E-state index < -0.39 is 16.5 Å². The molecule has 0 amide bonds. The maximum atomic E-state index is 10.9. The predicted molar refractivity (Wildman–Crippen MR) is 40.2 cm³/mol. The second-order valence-electron chi connectivity index (χ2n) is 2.23. The Bertz CT molecular complexity index is 310. The monoisotopic (exact) mass is 170 g/mol. The minimum Gasteiger partial charge on any atom is -0.398 e. The molecule has 3 nitrogen and oxygen atoms in total. The topological polar surface area (TPSA) is 46.5 Å². The highest BCUT2D eigenvalue weighted by Crippen LogP contribution is 2.34. The second kappa shape index (κ2) is 2.32. The van der Waals surface area contributed by atoms with E-state index in [2.05, 4.69) is 0 Å². The lowest BCUT2D eigenvalue weighted by molar-refractivity contribution is 0.264. The van der Waals surface area contributed by atoms with Gasteiger partial charge in [0.25, 0.3) is 0 Å². The summed E-state index contributed by atoms with van der Waals surface area (Å²) in [5, 5.41) is 9.22. The van der Waals surface area contributed by atoms with E-state index in [1.165, 1.54) is 0 Å². The Kier molecular flexibility index (Phi) is 1.44. The number of fused-ring (bicyclic) bond motifs is 1. The van der Waals surface area contributed by atoms with Gasteiger partial charge in [-0.1, -0.05) is 18.2 Å². The zero-order valence-electron chi connectivity index (χ0n) is 5.56. The van der Waals surface area contributed by atoms with Crippen LogP contribution in [0.15, 0.2) is 24.3 Å². The molecule has 0 bridgehead atoms. The van der Waals surface area contributed by atoms with E-state index in [0.717, 1.165) is 0 Å². The number of aliphatic hydroxyl groups excluding tert-OH is 1. The molecule has 1 heterocycles. The lowest BCUT2D eigenvalue weighted by Crippen LogP contribution is -2.00. The molecule has 1 aromatic rings. The maximum absolute atomic E-state index is 10.9. The standard InChI is InChI=1S/C7H6O3S/c8-7-5-3-1-2-4-6(5)10-11(7)9/h1-4,7-8H. The van der Waals surface area contributed by atoms with Gasteiger partial charge in [-0.25, -0.2) is 4.21 Å². The SMILES string of the molecule is O=S1Oc2ccccc2C1O. The smallest absolute Gasteiger partial charge is 0.241 e. The van der Waals surface area contributed by atoms with E-state index in [4.69, 9.17) is 4.18 Å². The molecule has 58 valence electrons. The minimum atomic E-state index is -1.61. The number of rotatable bonds is 0. The number of hydrogen-bond donors (Lipinski definition) is 1. The van der Waals surface area contributed by atoms with Crippen molar-refractivity contribution < 1.29 is 13.5 Å². The molecule has 0 saturated heterocycles. The van der Waals surface area contributed by atoms with Gasteiger partial charge < -0.3 is 9.29 Å². The van der Waals surface area contributed by atoms with Crippen molar-refractivity contribution in [3.8, 4) is 5.75 Å². The van der Waals surface area contributed by atoms with Crippen LogP contribution in [0.5, 0.6) is 5.75 Å². The van der Waals surface area contributed by atoms with Crippen LogP contribution in [0.25, 0.3) is 0 Å². The van der Waals surface area contributed by atoms with Crippen molar-refractivity contribution in [2.24, 2.45) is 0 Å². The highest BCUT2D eigenvalue weighted by atomic mass is 32.2. The van der Waals surface area contributed by atoms with Crippen molar-refractivity contribution in [1.29, 1.82) is 0 Å². The first-order valence-electron chi connectivity index (χ1n) is 3.15. The molecule has 11 heavy (non-hydrogen) atoms. The summed E-state index contributed by atoms with van der Waals surface area (Å²) in [4.78, 5) is 0. The van der Waals surface area contributed by atoms with Crippen molar-refractivity contribution in [2.45, 2.75) is 5.44 Å². The van der Waals surface area contributed by atoms with Gasteiger partial charge in [-0.05, 0) is 6.07 Å². The molecule has 4 heteroatoms. The molecule has 1 aromatic carbocycles. The van der Waals surface area contributed by atoms with Crippen LogP contribution in [0.1, 0.15) is 11.0 Å². The summed E-state index contributed by atoms with van der Waals surface area (Å²) < 4.78 is 15.7. The van der Waals surface area contributed by atoms with Gasteiger partial charge in [0.15, 0.2) is 5.44 Å². The molecule has 0 radical (unpaired) electrons. The lowest BCUT2D eigenvalue weighted by atomic mass is 10.2. The number of aliphatic hydroxyl groups is 1. The summed E-state index contributed by atoms with van der Waals surface area (Å²) in [5.74, 6) is 0.512. The Morgan fingerprint density at radius 2 is 2.18 bits per heavy atom. The lowest BCUT2D eigenvalue weighted by Gasteiger charge is -1.94. The van der Waals surface area contributed by atoms with Gasteiger partial charge >= 0.3 is 0 Å². The highest BCUT2D eigenvalue weighted by molar-refractivity contribution is 7.81. The van der Waals surface area contributed by atoms with E-state index in [-0.39, 0.29) is 0 Å². The third kappa shape index (κ3) is 0.948. The first kappa shape index (κ1) is 6.82. The van der Waals surface area contributed by atoms with Gasteiger partial charge in [-0.2, -0.15) is 0 Å². The molecular formula is C7H6O3S. The number of para-hydroxylation sites is 1. The van der Waals surface area contributed by atoms with Crippen LogP contribution >= 0.6 is 0 Å². The van der Waals surface area contributed by atoms with Crippen LogP contribution in [-0.4, -0.2) is 9.32 Å². The summed E-state index contributed by atoms with van der Waals surface area (Å²) in [5.41, 5.74) is -0.378. The van der Waals surface area contributed by atoms with E-state index in [1.807, 2.05) is 0 Å². The van der Waals surface area contributed by atoms with E-state index in [0.29, 0.717) is 11.3 Å². The highest BCUT2D eigenvalue weighted by Gasteiger charge is 2.29. The largest absolute Gasteiger partial charge is 0.398 e. The fourth-order valence-electron chi connectivity index (χ4n) is 0.998. The second-order valence-corrected chi connectivity index (χ2v) is 3.37. The van der Waals surface area contributed by atoms with Gasteiger partial charge in [0, 0.05) is 5.56 Å². The van der Waals surface area contributed by atoms with Gasteiger partial charge in [0.05, 0.1) is 0 Å². The number of hydrogen-bond acceptors (Lipinski definition) is 3. The summed E-state index contributed by atoms with van der Waals surface area (Å²) in [6.07, 6.45) is 0. The first-order chi connectivity index (χ1) is 5.29. The molecule has 1 aliphatic rings. The van der Waals surface area contributed by atoms with Gasteiger partial charge in [0.2, 0.25) is 11.1 Å². The normalized spacial score (nSPS) is 27.7. The summed E-state index contributed by atoms with van der Waals surface area (Å²) in [7, 11) is 0. The van der Waals surface area contributed by atoms with Crippen molar-refractivity contribution in [3.05, 3.63) is 29.8 Å². The van der Waals surface area contributed by atoms with Gasteiger partial charge in [0.1, 0.15) is 5.75 Å². The van der Waals surface area contributed by atoms with Crippen LogP contribution in [0, 0.1) is 0 Å². The fourth-order valence-corrected chi connectivity index (χ4v) is 1.82. The van der Waals surface area contributed by atoms with Crippen molar-refractivity contribution in [2.75, 3.05) is 0 Å². The molecule has 1 N–H and O–H groups in total. The third-order valence-corrected chi connectivity index (χ3v) is 2.50. The molecule has 0 aromatic heterocycles. The fraction of sp³-hybridized carbons (Fsp3) is 0.143. The van der Waals surface area contributed by atoms with Crippen molar-refractivity contribution >= 4 is 11.1 Å². The van der Waals surface area contributed by atoms with E-state index >= 15 is 0 Å². The Balaban J connectivity index is 2.55. The van der Waals surface area contributed by atoms with Crippen molar-refractivity contribution in [1.82, 2.24) is 0 Å². The minimum absolute atomic E-state index is 0.512. The van der Waals surface area contributed by atoms with Crippen LogP contribution in [-0.2, 0) is 11.1 Å². The average Bonchev–Trinajstić information content (AvgIpc) is 2.30. The maximum Gasteiger partial charge on any atom is 0.241 e. The van der Waals surface area contributed by atoms with Crippen LogP contribution in [0.4, 0.5) is 0 Å². The Morgan fingerprint density at radius 3 is 2.91 bits per heavy atom. The number of benzene rings is 1. The summed E-state index contributed by atoms with van der Waals surface area (Å²) in [6, 6.07) is 6.93. The third-order valence-electron chi connectivity index (χ3n) is 1.54. The Labute approximate surface area is 66.3 Å². The first-order valence-corrected chi connectivity index (χ1v) is 4.29. The summed E-state index contributed by atoms with van der Waals surface area (Å²) >= 11 is -1.61. The summed E-state index contributed by atoms with van der Waals surface area (Å²) in [6.45, 7) is 0. The molecule has 2 rings (SSSR count). The molecule has 1 aliphatic heterocycles.